The summed E-state index contributed by atoms with van der Waals surface area (Å²) in [5.41, 5.74) is 1.45. The summed E-state index contributed by atoms with van der Waals surface area (Å²) < 4.78 is 0. The largest absolute Gasteiger partial charge is 0.317 e. The predicted molar refractivity (Wildman–Crippen MR) is 82.3 cm³/mol. The molecule has 2 rings (SSSR count). The fraction of sp³-hybridized carbons (Fsp3) is 0.647. The average Bonchev–Trinajstić information content (AvgIpc) is 2.43. The van der Waals surface area contributed by atoms with Crippen molar-refractivity contribution in [3.8, 4) is 0 Å². The lowest BCUT2D eigenvalue weighted by atomic mass is 10.1. The Morgan fingerprint density at radius 3 is 2.37 bits per heavy atom. The Labute approximate surface area is 118 Å². The minimum atomic E-state index is 1.11. The van der Waals surface area contributed by atoms with Crippen LogP contribution < -0.4 is 5.32 Å². The summed E-state index contributed by atoms with van der Waals surface area (Å²) in [6.07, 6.45) is 8.18. The van der Waals surface area contributed by atoms with Crippen LogP contribution in [0.5, 0.6) is 0 Å². The summed E-state index contributed by atoms with van der Waals surface area (Å²) >= 11 is 0. The zero-order valence-electron chi connectivity index (χ0n) is 12.1. The van der Waals surface area contributed by atoms with Crippen LogP contribution in [0.25, 0.3) is 0 Å². The van der Waals surface area contributed by atoms with E-state index in [0.29, 0.717) is 0 Å². The van der Waals surface area contributed by atoms with E-state index in [4.69, 9.17) is 0 Å². The molecule has 1 saturated heterocycles. The quantitative estimate of drug-likeness (QED) is 0.876. The topological polar surface area (TPSA) is 15.3 Å². The van der Waals surface area contributed by atoms with Crippen LogP contribution in [-0.4, -0.2) is 31.1 Å². The molecule has 1 aromatic carbocycles. The second-order valence-electron chi connectivity index (χ2n) is 5.63. The number of hydrogen-bond acceptors (Lipinski definition) is 2. The third kappa shape index (κ3) is 6.22. The third-order valence-electron chi connectivity index (χ3n) is 3.90. The first-order valence-electron chi connectivity index (χ1n) is 7.92. The van der Waals surface area contributed by atoms with E-state index in [1.54, 1.807) is 0 Å². The number of nitrogens with zero attached hydrogens (tertiary/aromatic N) is 1. The van der Waals surface area contributed by atoms with Crippen molar-refractivity contribution in [2.24, 2.45) is 0 Å². The van der Waals surface area contributed by atoms with Gasteiger partial charge in [0.15, 0.2) is 0 Å². The molecule has 1 aliphatic heterocycles. The van der Waals surface area contributed by atoms with E-state index in [9.17, 15) is 0 Å². The smallest absolute Gasteiger partial charge is 0.0233 e. The molecule has 0 amide bonds. The van der Waals surface area contributed by atoms with Crippen LogP contribution in [0.2, 0.25) is 0 Å². The van der Waals surface area contributed by atoms with Crippen LogP contribution in [0, 0.1) is 0 Å². The van der Waals surface area contributed by atoms with Gasteiger partial charge in [0.05, 0.1) is 0 Å². The van der Waals surface area contributed by atoms with E-state index < -0.39 is 0 Å². The van der Waals surface area contributed by atoms with Crippen LogP contribution in [0.15, 0.2) is 30.3 Å². The van der Waals surface area contributed by atoms with E-state index in [2.05, 4.69) is 40.5 Å². The molecule has 19 heavy (non-hydrogen) atoms. The molecule has 106 valence electrons. The van der Waals surface area contributed by atoms with Crippen LogP contribution in [-0.2, 0) is 6.54 Å². The minimum Gasteiger partial charge on any atom is -0.317 e. The average molecular weight is 260 g/mol. The van der Waals surface area contributed by atoms with Gasteiger partial charge in [0, 0.05) is 6.54 Å². The van der Waals surface area contributed by atoms with Crippen molar-refractivity contribution >= 4 is 0 Å². The summed E-state index contributed by atoms with van der Waals surface area (Å²) in [5, 5.41) is 3.56. The highest BCUT2D eigenvalue weighted by molar-refractivity contribution is 5.14. The van der Waals surface area contributed by atoms with Crippen LogP contribution in [0.1, 0.15) is 44.1 Å². The Morgan fingerprint density at radius 2 is 1.47 bits per heavy atom. The van der Waals surface area contributed by atoms with Crippen molar-refractivity contribution < 1.29 is 0 Å². The van der Waals surface area contributed by atoms with Crippen LogP contribution in [0.4, 0.5) is 0 Å². The van der Waals surface area contributed by atoms with E-state index >= 15 is 0 Å². The summed E-state index contributed by atoms with van der Waals surface area (Å²) in [7, 11) is 0. The van der Waals surface area contributed by atoms with Gasteiger partial charge in [-0.3, -0.25) is 4.90 Å². The maximum atomic E-state index is 3.56. The molecule has 0 spiro atoms. The molecule has 1 aromatic rings. The van der Waals surface area contributed by atoms with Gasteiger partial charge in [-0.05, 0) is 51.0 Å². The van der Waals surface area contributed by atoms with E-state index in [1.165, 1.54) is 70.3 Å². The standard InChI is InChI=1S/C17H28N2/c1-2-7-12-18-13-9-15-19(14-8-3-1)16-17-10-5-4-6-11-17/h4-6,10-11,18H,1-3,7-9,12-16H2. The summed E-state index contributed by atoms with van der Waals surface area (Å²) in [4.78, 5) is 2.62. The molecule has 0 radical (unpaired) electrons. The van der Waals surface area contributed by atoms with Gasteiger partial charge in [0.2, 0.25) is 0 Å². The lowest BCUT2D eigenvalue weighted by molar-refractivity contribution is 0.252. The minimum absolute atomic E-state index is 1.11. The lowest BCUT2D eigenvalue weighted by Crippen LogP contribution is -2.29. The maximum Gasteiger partial charge on any atom is 0.0233 e. The van der Waals surface area contributed by atoms with Gasteiger partial charge in [-0.15, -0.1) is 0 Å². The molecule has 0 unspecified atom stereocenters. The monoisotopic (exact) mass is 260 g/mol. The molecule has 1 N–H and O–H groups in total. The highest BCUT2D eigenvalue weighted by atomic mass is 15.1. The molecular weight excluding hydrogens is 232 g/mol. The lowest BCUT2D eigenvalue weighted by Gasteiger charge is -2.23. The van der Waals surface area contributed by atoms with Gasteiger partial charge >= 0.3 is 0 Å². The number of rotatable bonds is 2. The second-order valence-corrected chi connectivity index (χ2v) is 5.63. The predicted octanol–water partition coefficient (Wildman–Crippen LogP) is 3.43. The number of benzene rings is 1. The second kappa shape index (κ2) is 9.11. The molecule has 1 fully saturated rings. The molecule has 0 aliphatic carbocycles. The molecule has 2 nitrogen and oxygen atoms in total. The maximum absolute atomic E-state index is 3.56. The molecule has 1 heterocycles. The fourth-order valence-corrected chi connectivity index (χ4v) is 2.78. The van der Waals surface area contributed by atoms with Crippen LogP contribution >= 0.6 is 0 Å². The summed E-state index contributed by atoms with van der Waals surface area (Å²) in [6, 6.07) is 10.9. The summed E-state index contributed by atoms with van der Waals surface area (Å²) in [6.45, 7) is 5.97. The van der Waals surface area contributed by atoms with Crippen molar-refractivity contribution in [2.45, 2.75) is 45.1 Å². The van der Waals surface area contributed by atoms with Gasteiger partial charge in [0.25, 0.3) is 0 Å². The van der Waals surface area contributed by atoms with Crippen molar-refractivity contribution in [1.29, 1.82) is 0 Å². The molecule has 0 saturated carbocycles. The Bertz CT molecular complexity index is 311. The zero-order chi connectivity index (χ0) is 13.2. The van der Waals surface area contributed by atoms with Crippen molar-refractivity contribution in [2.75, 3.05) is 26.2 Å². The Hall–Kier alpha value is -0.860. The first-order chi connectivity index (χ1) is 9.45. The molecule has 1 aliphatic rings. The van der Waals surface area contributed by atoms with E-state index in [0.717, 1.165) is 6.54 Å². The fourth-order valence-electron chi connectivity index (χ4n) is 2.78. The van der Waals surface area contributed by atoms with Gasteiger partial charge in [-0.2, -0.15) is 0 Å². The Kier molecular flexibility index (Phi) is 6.97. The molecule has 0 atom stereocenters. The van der Waals surface area contributed by atoms with Gasteiger partial charge in [-0.1, -0.05) is 49.6 Å². The third-order valence-corrected chi connectivity index (χ3v) is 3.90. The SMILES string of the molecule is c1ccc(CN2CCCCCCCNCCC2)cc1. The van der Waals surface area contributed by atoms with Gasteiger partial charge < -0.3 is 5.32 Å². The first kappa shape index (κ1) is 14.5. The van der Waals surface area contributed by atoms with Crippen molar-refractivity contribution in [3.63, 3.8) is 0 Å². The molecule has 0 aromatic heterocycles. The normalized spacial score (nSPS) is 20.4. The zero-order valence-corrected chi connectivity index (χ0v) is 12.1. The highest BCUT2D eigenvalue weighted by Crippen LogP contribution is 2.09. The number of hydrogen-bond donors (Lipinski definition) is 1. The highest BCUT2D eigenvalue weighted by Gasteiger charge is 2.06. The Morgan fingerprint density at radius 1 is 0.789 bits per heavy atom. The van der Waals surface area contributed by atoms with E-state index in [-0.39, 0.29) is 0 Å². The summed E-state index contributed by atoms with van der Waals surface area (Å²) in [5.74, 6) is 0. The number of nitrogens with one attached hydrogen (secondary N) is 1. The van der Waals surface area contributed by atoms with Gasteiger partial charge in [0.1, 0.15) is 0 Å². The first-order valence-corrected chi connectivity index (χ1v) is 7.92. The molecule has 0 bridgehead atoms. The molecular formula is C17H28N2. The Balaban J connectivity index is 1.81. The molecule has 2 heteroatoms. The van der Waals surface area contributed by atoms with Crippen molar-refractivity contribution in [3.05, 3.63) is 35.9 Å². The van der Waals surface area contributed by atoms with Crippen LogP contribution in [0.3, 0.4) is 0 Å². The van der Waals surface area contributed by atoms with Gasteiger partial charge in [-0.25, -0.2) is 0 Å². The van der Waals surface area contributed by atoms with Crippen molar-refractivity contribution in [1.82, 2.24) is 10.2 Å². The van der Waals surface area contributed by atoms with E-state index in [1.807, 2.05) is 0 Å².